The van der Waals surface area contributed by atoms with Crippen molar-refractivity contribution in [2.75, 3.05) is 12.4 Å². The molecule has 1 aromatic carbocycles. The Balaban J connectivity index is 2.52. The minimum absolute atomic E-state index is 0.0362. The molecule has 0 fully saturated rings. The minimum atomic E-state index is -0.670. The number of methoxy groups -OCH3 is 1. The largest absolute Gasteiger partial charge is 0.497 e. The predicted octanol–water partition coefficient (Wildman–Crippen LogP) is 5.25. The van der Waals surface area contributed by atoms with Crippen LogP contribution in [0.3, 0.4) is 0 Å². The highest BCUT2D eigenvalue weighted by molar-refractivity contribution is 5.92. The molecule has 7 heteroatoms. The normalized spacial score (nSPS) is 12.9. The fourth-order valence-electron chi connectivity index (χ4n) is 3.26. The fraction of sp³-hybridized carbons (Fsp3) is 0.440. The average molecular weight is 438 g/mol. The predicted molar refractivity (Wildman–Crippen MR) is 123 cm³/mol. The number of carbonyl (C=O) groups is 2. The molecule has 0 aliphatic heterocycles. The van der Waals surface area contributed by atoms with E-state index in [2.05, 4.69) is 10.3 Å². The van der Waals surface area contributed by atoms with E-state index in [1.807, 2.05) is 19.9 Å². The van der Waals surface area contributed by atoms with Gasteiger partial charge in [-0.15, -0.1) is 0 Å². The molecule has 170 valence electrons. The SMILES string of the molecule is CCC(C)C(=O)C(Cc1cccc(C#N)n1)c1ccc(OC)cc1NC(=O)OC(C)(C)C. The van der Waals surface area contributed by atoms with Crippen LogP contribution in [-0.4, -0.2) is 29.6 Å². The van der Waals surface area contributed by atoms with Crippen molar-refractivity contribution >= 4 is 17.6 Å². The number of aromatic nitrogens is 1. The Morgan fingerprint density at radius 1 is 1.22 bits per heavy atom. The molecule has 0 aliphatic rings. The van der Waals surface area contributed by atoms with E-state index < -0.39 is 17.6 Å². The molecule has 1 heterocycles. The number of benzene rings is 1. The van der Waals surface area contributed by atoms with E-state index in [-0.39, 0.29) is 11.7 Å². The van der Waals surface area contributed by atoms with E-state index in [0.717, 1.165) is 0 Å². The lowest BCUT2D eigenvalue weighted by molar-refractivity contribution is -0.124. The van der Waals surface area contributed by atoms with Crippen molar-refractivity contribution in [1.82, 2.24) is 4.98 Å². The van der Waals surface area contributed by atoms with Crippen molar-refractivity contribution in [1.29, 1.82) is 5.26 Å². The second kappa shape index (κ2) is 10.8. The van der Waals surface area contributed by atoms with Gasteiger partial charge < -0.3 is 9.47 Å². The number of rotatable bonds is 8. The summed E-state index contributed by atoms with van der Waals surface area (Å²) in [5.74, 6) is -0.175. The standard InChI is InChI=1S/C25H31N3O4/c1-7-16(2)23(29)21(13-17-9-8-10-18(15-26)27-17)20-12-11-19(31-6)14-22(20)28-24(30)32-25(3,4)5/h8-12,14,16,21H,7,13H2,1-6H3,(H,28,30). The first-order valence-electron chi connectivity index (χ1n) is 10.7. The van der Waals surface area contributed by atoms with Gasteiger partial charge in [0.15, 0.2) is 0 Å². The number of nitriles is 1. The Morgan fingerprint density at radius 3 is 2.53 bits per heavy atom. The molecule has 2 aromatic rings. The lowest BCUT2D eigenvalue weighted by Gasteiger charge is -2.24. The van der Waals surface area contributed by atoms with E-state index in [9.17, 15) is 14.9 Å². The highest BCUT2D eigenvalue weighted by Crippen LogP contribution is 2.34. The molecule has 2 atom stereocenters. The molecule has 1 aromatic heterocycles. The summed E-state index contributed by atoms with van der Waals surface area (Å²) in [6.45, 7) is 9.19. The lowest BCUT2D eigenvalue weighted by Crippen LogP contribution is -2.28. The van der Waals surface area contributed by atoms with Gasteiger partial charge in [0.1, 0.15) is 28.9 Å². The molecule has 2 rings (SSSR count). The number of amides is 1. The summed E-state index contributed by atoms with van der Waals surface area (Å²) in [5.41, 5.74) is 1.34. The lowest BCUT2D eigenvalue weighted by atomic mass is 9.83. The zero-order valence-corrected chi connectivity index (χ0v) is 19.6. The van der Waals surface area contributed by atoms with Crippen molar-refractivity contribution in [2.24, 2.45) is 5.92 Å². The smallest absolute Gasteiger partial charge is 0.412 e. The number of nitrogens with zero attached hydrogens (tertiary/aromatic N) is 2. The maximum atomic E-state index is 13.4. The molecule has 1 amide bonds. The number of pyridine rings is 1. The monoisotopic (exact) mass is 437 g/mol. The molecular weight excluding hydrogens is 406 g/mol. The molecular formula is C25H31N3O4. The molecule has 0 spiro atoms. The third kappa shape index (κ3) is 6.81. The van der Waals surface area contributed by atoms with Crippen molar-refractivity contribution < 1.29 is 19.1 Å². The van der Waals surface area contributed by atoms with Crippen LogP contribution in [0.5, 0.6) is 5.75 Å². The number of ketones is 1. The Bertz CT molecular complexity index is 1000. The van der Waals surface area contributed by atoms with Gasteiger partial charge in [0.05, 0.1) is 18.7 Å². The van der Waals surface area contributed by atoms with Crippen LogP contribution in [0.4, 0.5) is 10.5 Å². The van der Waals surface area contributed by atoms with Gasteiger partial charge in [-0.3, -0.25) is 10.1 Å². The maximum Gasteiger partial charge on any atom is 0.412 e. The van der Waals surface area contributed by atoms with Crippen molar-refractivity contribution in [2.45, 2.75) is 59.0 Å². The molecule has 0 bridgehead atoms. The first-order valence-corrected chi connectivity index (χ1v) is 10.7. The summed E-state index contributed by atoms with van der Waals surface area (Å²) in [5, 5.41) is 12.0. The third-order valence-corrected chi connectivity index (χ3v) is 5.05. The van der Waals surface area contributed by atoms with Gasteiger partial charge in [-0.25, -0.2) is 9.78 Å². The van der Waals surface area contributed by atoms with Crippen LogP contribution in [0, 0.1) is 17.2 Å². The van der Waals surface area contributed by atoms with Gasteiger partial charge in [0.25, 0.3) is 0 Å². The van der Waals surface area contributed by atoms with E-state index in [4.69, 9.17) is 9.47 Å². The number of hydrogen-bond acceptors (Lipinski definition) is 6. The number of Topliss-reactive ketones (excluding diaryl/α,β-unsaturated/α-hetero) is 1. The topological polar surface area (TPSA) is 101 Å². The summed E-state index contributed by atoms with van der Waals surface area (Å²) >= 11 is 0. The van der Waals surface area contributed by atoms with Gasteiger partial charge in [0, 0.05) is 24.1 Å². The molecule has 0 saturated heterocycles. The first kappa shape index (κ1) is 24.9. The van der Waals surface area contributed by atoms with Gasteiger partial charge in [0.2, 0.25) is 0 Å². The maximum absolute atomic E-state index is 13.4. The summed E-state index contributed by atoms with van der Waals surface area (Å²) in [7, 11) is 1.53. The average Bonchev–Trinajstić information content (AvgIpc) is 2.75. The van der Waals surface area contributed by atoms with E-state index in [1.165, 1.54) is 7.11 Å². The molecule has 2 unspecified atom stereocenters. The minimum Gasteiger partial charge on any atom is -0.497 e. The van der Waals surface area contributed by atoms with Crippen LogP contribution in [0.2, 0.25) is 0 Å². The number of nitrogens with one attached hydrogen (secondary N) is 1. The van der Waals surface area contributed by atoms with Crippen LogP contribution in [0.15, 0.2) is 36.4 Å². The first-order chi connectivity index (χ1) is 15.1. The second-order valence-corrected chi connectivity index (χ2v) is 8.67. The summed E-state index contributed by atoms with van der Waals surface area (Å²) in [4.78, 5) is 30.2. The Hall–Kier alpha value is -3.40. The van der Waals surface area contributed by atoms with E-state index >= 15 is 0 Å². The number of anilines is 1. The van der Waals surface area contributed by atoms with Crippen LogP contribution < -0.4 is 10.1 Å². The summed E-state index contributed by atoms with van der Waals surface area (Å²) in [6.07, 6.45) is 0.367. The number of ether oxygens (including phenoxy) is 2. The Morgan fingerprint density at radius 2 is 1.94 bits per heavy atom. The summed E-state index contributed by atoms with van der Waals surface area (Å²) < 4.78 is 10.7. The van der Waals surface area contributed by atoms with Crippen LogP contribution in [0.1, 0.15) is 63.9 Å². The van der Waals surface area contributed by atoms with E-state index in [1.54, 1.807) is 57.2 Å². The molecule has 1 N–H and O–H groups in total. The highest BCUT2D eigenvalue weighted by Gasteiger charge is 2.29. The number of hydrogen-bond donors (Lipinski definition) is 1. The van der Waals surface area contributed by atoms with Gasteiger partial charge in [-0.05, 0) is 51.0 Å². The van der Waals surface area contributed by atoms with Crippen molar-refractivity contribution in [3.63, 3.8) is 0 Å². The van der Waals surface area contributed by atoms with Gasteiger partial charge in [-0.2, -0.15) is 5.26 Å². The van der Waals surface area contributed by atoms with Crippen LogP contribution >= 0.6 is 0 Å². The Kier molecular flexibility index (Phi) is 8.36. The highest BCUT2D eigenvalue weighted by atomic mass is 16.6. The second-order valence-electron chi connectivity index (χ2n) is 8.67. The van der Waals surface area contributed by atoms with Crippen LogP contribution in [-0.2, 0) is 16.0 Å². The molecule has 7 nitrogen and oxygen atoms in total. The zero-order chi connectivity index (χ0) is 23.9. The van der Waals surface area contributed by atoms with Gasteiger partial charge >= 0.3 is 6.09 Å². The zero-order valence-electron chi connectivity index (χ0n) is 19.6. The number of carbonyl (C=O) groups excluding carboxylic acids is 2. The van der Waals surface area contributed by atoms with E-state index in [0.29, 0.717) is 41.2 Å². The third-order valence-electron chi connectivity index (χ3n) is 5.05. The van der Waals surface area contributed by atoms with Gasteiger partial charge in [-0.1, -0.05) is 26.0 Å². The molecule has 0 radical (unpaired) electrons. The van der Waals surface area contributed by atoms with Crippen molar-refractivity contribution in [3.8, 4) is 11.8 Å². The van der Waals surface area contributed by atoms with Crippen LogP contribution in [0.25, 0.3) is 0 Å². The van der Waals surface area contributed by atoms with Crippen molar-refractivity contribution in [3.05, 3.63) is 53.3 Å². The molecule has 0 saturated carbocycles. The molecule has 32 heavy (non-hydrogen) atoms. The summed E-state index contributed by atoms with van der Waals surface area (Å²) in [6, 6.07) is 12.4. The fourth-order valence-corrected chi connectivity index (χ4v) is 3.26. The Labute approximate surface area is 189 Å². The molecule has 0 aliphatic carbocycles. The quantitative estimate of drug-likeness (QED) is 0.605.